The fourth-order valence-corrected chi connectivity index (χ4v) is 1.30. The summed E-state index contributed by atoms with van der Waals surface area (Å²) < 4.78 is 0. The van der Waals surface area contributed by atoms with E-state index in [2.05, 4.69) is 84.3 Å². The maximum Gasteiger partial charge on any atom is -1.00 e. The van der Waals surface area contributed by atoms with Crippen LogP contribution in [0.3, 0.4) is 0 Å². The summed E-state index contributed by atoms with van der Waals surface area (Å²) in [6, 6.07) is 0. The first kappa shape index (κ1) is 25.4. The van der Waals surface area contributed by atoms with Gasteiger partial charge in [0.15, 0.2) is 0 Å². The quantitative estimate of drug-likeness (QED) is 0.381. The average molecular weight is 363 g/mol. The Kier molecular flexibility index (Phi) is 18.3. The van der Waals surface area contributed by atoms with Gasteiger partial charge in [0.05, 0.1) is 0 Å². The van der Waals surface area contributed by atoms with Crippen molar-refractivity contribution in [1.29, 1.82) is 0 Å². The zero-order valence-electron chi connectivity index (χ0n) is 13.3. The van der Waals surface area contributed by atoms with E-state index in [1.54, 1.807) is 0 Å². The van der Waals surface area contributed by atoms with E-state index in [-0.39, 0.29) is 31.0 Å². The SMILES string of the molecule is CC1=[C-]CC=C1C.CC1=[C-]CC=C1C.C[Si](C)=[Ti+2].[Cl-].[Cl-]. The largest absolute Gasteiger partial charge is 1.00 e. The van der Waals surface area contributed by atoms with Crippen LogP contribution in [-0.4, -0.2) is 6.19 Å². The first-order valence-electron chi connectivity index (χ1n) is 6.35. The minimum atomic E-state index is 0. The summed E-state index contributed by atoms with van der Waals surface area (Å²) in [6.07, 6.45) is 12.9. The molecule has 112 valence electrons. The van der Waals surface area contributed by atoms with Gasteiger partial charge in [-0.2, -0.15) is 12.2 Å². The average Bonchev–Trinajstić information content (AvgIpc) is 2.79. The van der Waals surface area contributed by atoms with Gasteiger partial charge in [0.2, 0.25) is 0 Å². The van der Waals surface area contributed by atoms with Crippen LogP contribution in [0.2, 0.25) is 13.1 Å². The van der Waals surface area contributed by atoms with Crippen LogP contribution >= 0.6 is 0 Å². The summed E-state index contributed by atoms with van der Waals surface area (Å²) in [6.45, 7) is 13.0. The van der Waals surface area contributed by atoms with Crippen LogP contribution in [0.15, 0.2) is 34.4 Å². The van der Waals surface area contributed by atoms with Crippen LogP contribution in [-0.2, 0) is 19.2 Å². The first-order chi connectivity index (χ1) is 8.34. The molecule has 0 spiro atoms. The molecule has 0 aliphatic heterocycles. The first-order valence-corrected chi connectivity index (χ1v) is 11.2. The summed E-state index contributed by atoms with van der Waals surface area (Å²) in [5, 5.41) is 0. The van der Waals surface area contributed by atoms with Crippen molar-refractivity contribution >= 4 is 6.19 Å². The Morgan fingerprint density at radius 2 is 1.10 bits per heavy atom. The number of rotatable bonds is 0. The van der Waals surface area contributed by atoms with Crippen molar-refractivity contribution in [3.63, 3.8) is 0 Å². The van der Waals surface area contributed by atoms with Gasteiger partial charge in [-0.1, -0.05) is 13.8 Å². The second-order valence-corrected chi connectivity index (χ2v) is 11.5. The van der Waals surface area contributed by atoms with Crippen LogP contribution in [0.1, 0.15) is 40.5 Å². The van der Waals surface area contributed by atoms with Gasteiger partial charge in [0.25, 0.3) is 0 Å². The number of allylic oxidation sites excluding steroid dienone is 8. The monoisotopic (exact) mass is 362 g/mol. The van der Waals surface area contributed by atoms with Gasteiger partial charge in [0.1, 0.15) is 0 Å². The molecule has 0 aromatic carbocycles. The van der Waals surface area contributed by atoms with Crippen LogP contribution in [0.25, 0.3) is 0 Å². The Morgan fingerprint density at radius 1 is 0.850 bits per heavy atom. The zero-order valence-corrected chi connectivity index (χ0v) is 17.4. The fourth-order valence-electron chi connectivity index (χ4n) is 1.30. The summed E-state index contributed by atoms with van der Waals surface area (Å²) in [4.78, 5) is 0. The van der Waals surface area contributed by atoms with E-state index in [1.807, 2.05) is 0 Å². The minimum Gasteiger partial charge on any atom is -1.00 e. The molecule has 20 heavy (non-hydrogen) atoms. The molecule has 2 rings (SSSR count). The third-order valence-electron chi connectivity index (χ3n) is 2.73. The molecule has 0 amide bonds. The molecule has 0 bridgehead atoms. The molecular formula is C16H24Cl2SiTi-2. The molecule has 0 unspecified atom stereocenters. The van der Waals surface area contributed by atoms with Crippen LogP contribution < -0.4 is 24.8 Å². The molecule has 0 fully saturated rings. The molecular weight excluding hydrogens is 339 g/mol. The fraction of sp³-hybridized carbons (Fsp3) is 0.500. The molecule has 0 N–H and O–H groups in total. The molecule has 4 heteroatoms. The van der Waals surface area contributed by atoms with Crippen LogP contribution in [0, 0.1) is 12.2 Å². The van der Waals surface area contributed by atoms with Crippen molar-refractivity contribution in [2.45, 2.75) is 53.6 Å². The Labute approximate surface area is 149 Å². The molecule has 0 saturated carbocycles. The molecule has 0 heterocycles. The van der Waals surface area contributed by atoms with E-state index >= 15 is 0 Å². The minimum absolute atomic E-state index is 0. The number of halogens is 2. The van der Waals surface area contributed by atoms with Crippen LogP contribution in [0.4, 0.5) is 0 Å². The Balaban J connectivity index is -0.000000215. The molecule has 0 aromatic rings. The molecule has 0 aromatic heterocycles. The van der Waals surface area contributed by atoms with Gasteiger partial charge in [-0.15, -0.1) is 26.7 Å². The molecule has 0 nitrogen and oxygen atoms in total. The van der Waals surface area contributed by atoms with Crippen molar-refractivity contribution in [1.82, 2.24) is 0 Å². The predicted molar refractivity (Wildman–Crippen MR) is 79.1 cm³/mol. The third kappa shape index (κ3) is 13.5. The van der Waals surface area contributed by atoms with E-state index in [9.17, 15) is 0 Å². The van der Waals surface area contributed by atoms with Crippen molar-refractivity contribution < 1.29 is 44.0 Å². The number of hydrogen-bond donors (Lipinski definition) is 0. The third-order valence-corrected chi connectivity index (χ3v) is 2.73. The Hall–Kier alpha value is 0.471. The summed E-state index contributed by atoms with van der Waals surface area (Å²) in [5.41, 5.74) is 5.42. The Bertz CT molecular complexity index is 348. The molecule has 0 radical (unpaired) electrons. The smallest absolute Gasteiger partial charge is 1.00 e. The van der Waals surface area contributed by atoms with Gasteiger partial charge >= 0.3 is 38.5 Å². The molecule has 2 aliphatic rings. The topological polar surface area (TPSA) is 0 Å². The van der Waals surface area contributed by atoms with E-state index in [0.717, 1.165) is 12.8 Å². The Morgan fingerprint density at radius 3 is 1.15 bits per heavy atom. The number of hydrogen-bond acceptors (Lipinski definition) is 0. The van der Waals surface area contributed by atoms with Crippen molar-refractivity contribution in [3.05, 3.63) is 46.6 Å². The van der Waals surface area contributed by atoms with E-state index in [4.69, 9.17) is 0 Å². The molecule has 0 atom stereocenters. The van der Waals surface area contributed by atoms with Gasteiger partial charge in [0, 0.05) is 0 Å². The van der Waals surface area contributed by atoms with Gasteiger partial charge < -0.3 is 24.8 Å². The molecule has 0 saturated heterocycles. The van der Waals surface area contributed by atoms with Crippen LogP contribution in [0.5, 0.6) is 0 Å². The molecule has 2 aliphatic carbocycles. The van der Waals surface area contributed by atoms with Crippen molar-refractivity contribution in [2.24, 2.45) is 0 Å². The predicted octanol–water partition coefficient (Wildman–Crippen LogP) is -1.04. The zero-order chi connectivity index (χ0) is 14.1. The van der Waals surface area contributed by atoms with Crippen molar-refractivity contribution in [3.8, 4) is 0 Å². The van der Waals surface area contributed by atoms with E-state index < -0.39 is 0 Å². The maximum atomic E-state index is 3.19. The summed E-state index contributed by atoms with van der Waals surface area (Å²) >= 11 is 2.27. The summed E-state index contributed by atoms with van der Waals surface area (Å²) in [7, 11) is 0. The second kappa shape index (κ2) is 14.4. The van der Waals surface area contributed by atoms with Gasteiger partial charge in [-0.25, -0.2) is 22.3 Å². The standard InChI is InChI=1S/2C7H9.C2H6Si.2ClH.Ti/c2*1-6-4-3-5-7(6)2;1-3-2;;;/h2*4H,3H2,1-2H3;1-2H3;2*1H;/q2*-1;;;;+2/p-2. The van der Waals surface area contributed by atoms with E-state index in [1.165, 1.54) is 22.3 Å². The maximum absolute atomic E-state index is 3.19. The normalized spacial score (nSPS) is 14.8. The van der Waals surface area contributed by atoms with Gasteiger partial charge in [-0.05, 0) is 0 Å². The van der Waals surface area contributed by atoms with Crippen molar-refractivity contribution in [2.75, 3.05) is 0 Å². The second-order valence-electron chi connectivity index (χ2n) is 4.79. The summed E-state index contributed by atoms with van der Waals surface area (Å²) in [5.74, 6) is 0. The van der Waals surface area contributed by atoms with E-state index in [0.29, 0.717) is 0 Å². The van der Waals surface area contributed by atoms with Gasteiger partial charge in [-0.3, -0.25) is 12.2 Å².